The Bertz CT molecular complexity index is 773. The number of carbonyl (C=O) groups is 4. The molecule has 1 aromatic carbocycles. The zero-order valence-electron chi connectivity index (χ0n) is 19.3. The number of ether oxygens (including phenoxy) is 1. The van der Waals surface area contributed by atoms with E-state index in [2.05, 4.69) is 10.6 Å². The van der Waals surface area contributed by atoms with Gasteiger partial charge in [0.25, 0.3) is 0 Å². The summed E-state index contributed by atoms with van der Waals surface area (Å²) in [5, 5.41) is 5.63. The van der Waals surface area contributed by atoms with Crippen LogP contribution in [0.5, 0.6) is 0 Å². The minimum Gasteiger partial charge on any atom is -0.372 e. The van der Waals surface area contributed by atoms with E-state index in [1.54, 1.807) is 0 Å². The van der Waals surface area contributed by atoms with Gasteiger partial charge in [-0.2, -0.15) is 0 Å². The van der Waals surface area contributed by atoms with Crippen molar-refractivity contribution in [1.82, 2.24) is 10.6 Å². The van der Waals surface area contributed by atoms with Crippen molar-refractivity contribution in [3.8, 4) is 0 Å². The van der Waals surface area contributed by atoms with Crippen LogP contribution in [-0.2, 0) is 36.9 Å². The molecule has 0 bridgehead atoms. The van der Waals surface area contributed by atoms with Crippen molar-refractivity contribution in [1.29, 1.82) is 0 Å². The third-order valence-corrected chi connectivity index (χ3v) is 5.45. The normalized spacial score (nSPS) is 16.1. The monoisotopic (exact) mass is 444 g/mol. The molecule has 0 heterocycles. The average Bonchev–Trinajstić information content (AvgIpc) is 2.75. The molecule has 1 saturated carbocycles. The fraction of sp³-hybridized carbons (Fsp3) is 0.600. The molecule has 2 amide bonds. The molecule has 176 valence electrons. The fourth-order valence-corrected chi connectivity index (χ4v) is 3.68. The Kier molecular flexibility index (Phi) is 11.1. The van der Waals surface area contributed by atoms with E-state index in [0.717, 1.165) is 24.0 Å². The summed E-state index contributed by atoms with van der Waals surface area (Å²) in [5.74, 6) is -0.175. The molecule has 2 N–H and O–H groups in total. The molecule has 1 atom stereocenters. The summed E-state index contributed by atoms with van der Waals surface area (Å²) in [4.78, 5) is 47.8. The number of Topliss-reactive ketones (excluding diaryl/α,β-unsaturated/α-hetero) is 2. The molecule has 1 aliphatic carbocycles. The molecule has 0 radical (unpaired) electrons. The van der Waals surface area contributed by atoms with E-state index in [4.69, 9.17) is 4.74 Å². The van der Waals surface area contributed by atoms with Crippen LogP contribution in [0.3, 0.4) is 0 Å². The molecule has 0 aliphatic heterocycles. The summed E-state index contributed by atoms with van der Waals surface area (Å²) in [5.41, 5.74) is 1.81. The van der Waals surface area contributed by atoms with Gasteiger partial charge in [0.2, 0.25) is 11.8 Å². The summed E-state index contributed by atoms with van der Waals surface area (Å²) in [6.07, 6.45) is 4.48. The minimum absolute atomic E-state index is 0.00684. The van der Waals surface area contributed by atoms with Crippen LogP contribution in [0.4, 0.5) is 0 Å². The number of nitrogens with one attached hydrogen (secondary N) is 2. The smallest absolute Gasteiger partial charge is 0.246 e. The Morgan fingerprint density at radius 1 is 1.03 bits per heavy atom. The molecule has 7 heteroatoms. The van der Waals surface area contributed by atoms with Gasteiger partial charge in [-0.1, -0.05) is 44.5 Å². The Morgan fingerprint density at radius 2 is 1.75 bits per heavy atom. The van der Waals surface area contributed by atoms with Crippen LogP contribution in [0, 0.1) is 11.8 Å². The van der Waals surface area contributed by atoms with Gasteiger partial charge in [0.05, 0.1) is 5.92 Å². The molecule has 7 nitrogen and oxygen atoms in total. The van der Waals surface area contributed by atoms with Gasteiger partial charge in [0.1, 0.15) is 18.2 Å². The summed E-state index contributed by atoms with van der Waals surface area (Å²) < 4.78 is 5.35. The van der Waals surface area contributed by atoms with E-state index in [9.17, 15) is 19.2 Å². The van der Waals surface area contributed by atoms with Crippen molar-refractivity contribution in [2.45, 2.75) is 65.3 Å². The van der Waals surface area contributed by atoms with Crippen molar-refractivity contribution in [2.24, 2.45) is 11.8 Å². The third kappa shape index (κ3) is 9.73. The highest BCUT2D eigenvalue weighted by molar-refractivity contribution is 6.03. The SMILES string of the molecule is CC(C)CC(=O)NCCCOCC(=O)NCc1ccc(CC(=O)C2CCCCC2=O)cc1. The fourth-order valence-electron chi connectivity index (χ4n) is 3.68. The molecule has 1 fully saturated rings. The topological polar surface area (TPSA) is 102 Å². The highest BCUT2D eigenvalue weighted by Crippen LogP contribution is 2.22. The lowest BCUT2D eigenvalue weighted by Gasteiger charge is -2.19. The quantitative estimate of drug-likeness (QED) is 0.360. The van der Waals surface area contributed by atoms with Crippen LogP contribution in [0.25, 0.3) is 0 Å². The minimum atomic E-state index is -0.431. The Labute approximate surface area is 190 Å². The Hall–Kier alpha value is -2.54. The highest BCUT2D eigenvalue weighted by Gasteiger charge is 2.28. The number of hydrogen-bond acceptors (Lipinski definition) is 5. The highest BCUT2D eigenvalue weighted by atomic mass is 16.5. The van der Waals surface area contributed by atoms with Crippen molar-refractivity contribution in [2.75, 3.05) is 19.8 Å². The summed E-state index contributed by atoms with van der Waals surface area (Å²) in [6, 6.07) is 7.51. The predicted molar refractivity (Wildman–Crippen MR) is 122 cm³/mol. The lowest BCUT2D eigenvalue weighted by molar-refractivity contribution is -0.134. The summed E-state index contributed by atoms with van der Waals surface area (Å²) in [6.45, 7) is 5.29. The van der Waals surface area contributed by atoms with Crippen LogP contribution in [0.15, 0.2) is 24.3 Å². The molecular weight excluding hydrogens is 408 g/mol. The number of hydrogen-bond donors (Lipinski definition) is 2. The van der Waals surface area contributed by atoms with Gasteiger partial charge in [0, 0.05) is 39.0 Å². The molecule has 0 spiro atoms. The largest absolute Gasteiger partial charge is 0.372 e. The number of amides is 2. The first-order valence-electron chi connectivity index (χ1n) is 11.6. The van der Waals surface area contributed by atoms with Gasteiger partial charge >= 0.3 is 0 Å². The molecule has 1 aromatic rings. The van der Waals surface area contributed by atoms with E-state index in [-0.39, 0.29) is 36.4 Å². The maximum absolute atomic E-state index is 12.4. The van der Waals surface area contributed by atoms with Crippen molar-refractivity contribution < 1.29 is 23.9 Å². The molecule has 0 aromatic heterocycles. The zero-order chi connectivity index (χ0) is 23.3. The average molecular weight is 445 g/mol. The van der Waals surface area contributed by atoms with Crippen LogP contribution >= 0.6 is 0 Å². The number of carbonyl (C=O) groups excluding carboxylic acids is 4. The van der Waals surface area contributed by atoms with E-state index in [1.165, 1.54) is 0 Å². The van der Waals surface area contributed by atoms with Gasteiger partial charge in [0.15, 0.2) is 0 Å². The molecule has 1 aliphatic rings. The summed E-state index contributed by atoms with van der Waals surface area (Å²) >= 11 is 0. The lowest BCUT2D eigenvalue weighted by Crippen LogP contribution is -2.29. The first kappa shape index (κ1) is 25.7. The first-order chi connectivity index (χ1) is 15.3. The molecular formula is C25H36N2O5. The maximum atomic E-state index is 12.4. The molecule has 0 saturated heterocycles. The van der Waals surface area contributed by atoms with E-state index < -0.39 is 5.92 Å². The second-order valence-electron chi connectivity index (χ2n) is 8.86. The number of ketones is 2. The van der Waals surface area contributed by atoms with Crippen LogP contribution in [0.2, 0.25) is 0 Å². The Morgan fingerprint density at radius 3 is 2.44 bits per heavy atom. The standard InChI is InChI=1S/C25H36N2O5/c1-18(2)14-24(30)26-12-5-13-32-17-25(31)27-16-20-10-8-19(9-11-20)15-23(29)21-6-3-4-7-22(21)28/h8-11,18,21H,3-7,12-17H2,1-2H3,(H,26,30)(H,27,31). The maximum Gasteiger partial charge on any atom is 0.246 e. The van der Waals surface area contributed by atoms with Gasteiger partial charge in [-0.25, -0.2) is 0 Å². The second-order valence-corrected chi connectivity index (χ2v) is 8.86. The number of rotatable bonds is 13. The molecule has 32 heavy (non-hydrogen) atoms. The van der Waals surface area contributed by atoms with E-state index in [1.807, 2.05) is 38.1 Å². The third-order valence-electron chi connectivity index (χ3n) is 5.45. The van der Waals surface area contributed by atoms with Crippen molar-refractivity contribution in [3.05, 3.63) is 35.4 Å². The van der Waals surface area contributed by atoms with Crippen LogP contribution in [-0.4, -0.2) is 43.1 Å². The van der Waals surface area contributed by atoms with Crippen molar-refractivity contribution >= 4 is 23.4 Å². The van der Waals surface area contributed by atoms with Gasteiger partial charge in [-0.3, -0.25) is 19.2 Å². The van der Waals surface area contributed by atoms with E-state index >= 15 is 0 Å². The zero-order valence-corrected chi connectivity index (χ0v) is 19.3. The van der Waals surface area contributed by atoms with Crippen molar-refractivity contribution in [3.63, 3.8) is 0 Å². The van der Waals surface area contributed by atoms with E-state index in [0.29, 0.717) is 51.3 Å². The lowest BCUT2D eigenvalue weighted by atomic mass is 9.83. The van der Waals surface area contributed by atoms with Crippen LogP contribution in [0.1, 0.15) is 63.5 Å². The first-order valence-corrected chi connectivity index (χ1v) is 11.6. The molecule has 2 rings (SSSR count). The summed E-state index contributed by atoms with van der Waals surface area (Å²) in [7, 11) is 0. The number of benzene rings is 1. The van der Waals surface area contributed by atoms with Gasteiger partial charge < -0.3 is 15.4 Å². The van der Waals surface area contributed by atoms with Gasteiger partial charge in [-0.15, -0.1) is 0 Å². The molecule has 1 unspecified atom stereocenters. The predicted octanol–water partition coefficient (Wildman–Crippen LogP) is 2.74. The second kappa shape index (κ2) is 13.8. The Balaban J connectivity index is 1.59. The van der Waals surface area contributed by atoms with Gasteiger partial charge in [-0.05, 0) is 36.3 Å². The van der Waals surface area contributed by atoms with Crippen LogP contribution < -0.4 is 10.6 Å².